The van der Waals surface area contributed by atoms with Crippen LogP contribution in [0.1, 0.15) is 15.9 Å². The highest BCUT2D eigenvalue weighted by Gasteiger charge is 2.28. The van der Waals surface area contributed by atoms with E-state index in [9.17, 15) is 10.0 Å². The number of nitrogens with zero attached hydrogens (tertiary/aromatic N) is 1. The summed E-state index contributed by atoms with van der Waals surface area (Å²) >= 11 is 18.5. The number of ketones is 1. The molecule has 1 aromatic heterocycles. The van der Waals surface area contributed by atoms with Crippen molar-refractivity contribution in [3.8, 4) is 11.3 Å². The molecule has 0 saturated carbocycles. The summed E-state index contributed by atoms with van der Waals surface area (Å²) in [6, 6.07) is 13.0. The lowest BCUT2D eigenvalue weighted by Gasteiger charge is -2.10. The molecule has 0 aliphatic heterocycles. The highest BCUT2D eigenvalue weighted by molar-refractivity contribution is 6.39. The molecule has 0 unspecified atom stereocenters. The van der Waals surface area contributed by atoms with Crippen molar-refractivity contribution in [3.05, 3.63) is 80.9 Å². The van der Waals surface area contributed by atoms with E-state index in [2.05, 4.69) is 0 Å². The number of carbonyl (C=O) groups excluding carboxylic acids is 1. The van der Waals surface area contributed by atoms with Crippen LogP contribution in [0.4, 0.5) is 5.69 Å². The lowest BCUT2D eigenvalue weighted by Crippen LogP contribution is -2.34. The van der Waals surface area contributed by atoms with Gasteiger partial charge in [-0.05, 0) is 24.3 Å². The van der Waals surface area contributed by atoms with Gasteiger partial charge in [0.05, 0.1) is 26.2 Å². The van der Waals surface area contributed by atoms with Gasteiger partial charge in [-0.15, -0.1) is 0 Å². The summed E-state index contributed by atoms with van der Waals surface area (Å²) in [4.78, 5) is 12.8. The van der Waals surface area contributed by atoms with Crippen molar-refractivity contribution in [3.63, 3.8) is 0 Å². The van der Waals surface area contributed by atoms with Gasteiger partial charge in [0.2, 0.25) is 6.20 Å². The fraction of sp³-hybridized carbons (Fsp3) is 0. The summed E-state index contributed by atoms with van der Waals surface area (Å²) in [5.74, 6) is -0.367. The first-order chi connectivity index (χ1) is 11.9. The number of hydrogen-bond donors (Lipinski definition) is 2. The molecule has 0 atom stereocenters. The fourth-order valence-corrected chi connectivity index (χ4v) is 3.32. The Bertz CT molecular complexity index is 970. The minimum atomic E-state index is -0.367. The van der Waals surface area contributed by atoms with Crippen molar-refractivity contribution in [1.82, 2.24) is 0 Å². The highest BCUT2D eigenvalue weighted by Crippen LogP contribution is 2.37. The Labute approximate surface area is 158 Å². The van der Waals surface area contributed by atoms with Gasteiger partial charge >= 0.3 is 0 Å². The molecule has 0 amide bonds. The number of carbonyl (C=O) groups is 1. The third-order valence-corrected chi connectivity index (χ3v) is 4.68. The Kier molecular flexibility index (Phi) is 4.86. The summed E-state index contributed by atoms with van der Waals surface area (Å²) < 4.78 is 0.784. The van der Waals surface area contributed by atoms with Gasteiger partial charge in [-0.2, -0.15) is 0 Å². The van der Waals surface area contributed by atoms with E-state index in [0.29, 0.717) is 26.2 Å². The van der Waals surface area contributed by atoms with Gasteiger partial charge < -0.3 is 5.73 Å². The van der Waals surface area contributed by atoms with Gasteiger partial charge in [-0.25, -0.2) is 0 Å². The molecule has 0 aliphatic rings. The molecule has 2 aromatic carbocycles. The van der Waals surface area contributed by atoms with E-state index in [1.54, 1.807) is 42.5 Å². The summed E-state index contributed by atoms with van der Waals surface area (Å²) in [6.07, 6.45) is 1.30. The van der Waals surface area contributed by atoms with E-state index in [4.69, 9.17) is 40.5 Å². The highest BCUT2D eigenvalue weighted by atomic mass is 35.5. The molecule has 0 saturated heterocycles. The zero-order valence-corrected chi connectivity index (χ0v) is 15.0. The number of nitrogens with two attached hydrogens (primary N) is 1. The molecule has 4 nitrogen and oxygen atoms in total. The van der Waals surface area contributed by atoms with E-state index in [0.717, 1.165) is 4.73 Å². The number of aromatic nitrogens is 1. The molecule has 3 N–H and O–H groups in total. The molecule has 0 bridgehead atoms. The number of rotatable bonds is 3. The van der Waals surface area contributed by atoms with Gasteiger partial charge in [0.15, 0.2) is 5.78 Å². The van der Waals surface area contributed by atoms with Gasteiger partial charge in [0.25, 0.3) is 5.69 Å². The molecule has 0 fully saturated rings. The maximum absolute atomic E-state index is 12.8. The third-order valence-electron chi connectivity index (χ3n) is 3.72. The topological polar surface area (TPSA) is 67.2 Å². The lowest BCUT2D eigenvalue weighted by atomic mass is 9.99. The average molecular weight is 395 g/mol. The summed E-state index contributed by atoms with van der Waals surface area (Å²) in [7, 11) is 0. The van der Waals surface area contributed by atoms with Crippen molar-refractivity contribution < 1.29 is 14.7 Å². The van der Waals surface area contributed by atoms with Gasteiger partial charge in [-0.3, -0.25) is 10.0 Å². The predicted octanol–water partition coefficient (Wildman–Crippen LogP) is 4.65. The van der Waals surface area contributed by atoms with Crippen LogP contribution in [0.5, 0.6) is 0 Å². The standard InChI is InChI=1S/C18H11Cl3N2O2/c19-12-5-2-1-4-10(12)18(24)11-8-9-23(25)17(16(11)22)15-13(20)6-3-7-14(15)21/h1-9H,(H2-,22,24,25)/p+1. The first-order valence-electron chi connectivity index (χ1n) is 7.18. The monoisotopic (exact) mass is 393 g/mol. The molecule has 1 heterocycles. The molecule has 3 rings (SSSR count). The van der Waals surface area contributed by atoms with E-state index in [-0.39, 0.29) is 22.7 Å². The SMILES string of the molecule is Nc1c(C(=O)c2ccccc2Cl)cc[n+](O)c1-c1c(Cl)cccc1Cl. The number of pyridine rings is 1. The van der Waals surface area contributed by atoms with Crippen LogP contribution in [0.15, 0.2) is 54.7 Å². The summed E-state index contributed by atoms with van der Waals surface area (Å²) in [5, 5.41) is 11.1. The minimum absolute atomic E-state index is 0.0462. The van der Waals surface area contributed by atoms with Crippen LogP contribution in [0.25, 0.3) is 11.3 Å². The molecular formula is C18H12Cl3N2O2+. The second-order valence-electron chi connectivity index (χ2n) is 5.24. The maximum atomic E-state index is 12.8. The Hall–Kier alpha value is -2.27. The molecule has 0 aliphatic carbocycles. The molecular weight excluding hydrogens is 383 g/mol. The normalized spacial score (nSPS) is 10.7. The molecule has 3 aromatic rings. The van der Waals surface area contributed by atoms with Crippen molar-refractivity contribution in [1.29, 1.82) is 0 Å². The van der Waals surface area contributed by atoms with E-state index in [1.807, 2.05) is 0 Å². The molecule has 25 heavy (non-hydrogen) atoms. The summed E-state index contributed by atoms with van der Waals surface area (Å²) in [6.45, 7) is 0. The largest absolute Gasteiger partial charge is 0.393 e. The zero-order valence-electron chi connectivity index (χ0n) is 12.7. The van der Waals surface area contributed by atoms with Crippen LogP contribution in [0.2, 0.25) is 15.1 Å². The first-order valence-corrected chi connectivity index (χ1v) is 8.32. The maximum Gasteiger partial charge on any atom is 0.290 e. The number of benzene rings is 2. The van der Waals surface area contributed by atoms with Crippen LogP contribution in [-0.4, -0.2) is 11.0 Å². The van der Waals surface area contributed by atoms with E-state index < -0.39 is 0 Å². The zero-order chi connectivity index (χ0) is 18.1. The van der Waals surface area contributed by atoms with Crippen LogP contribution >= 0.6 is 34.8 Å². The second-order valence-corrected chi connectivity index (χ2v) is 6.46. The number of anilines is 1. The molecule has 0 spiro atoms. The molecule has 126 valence electrons. The van der Waals surface area contributed by atoms with Gasteiger partial charge in [0.1, 0.15) is 5.69 Å². The van der Waals surface area contributed by atoms with E-state index in [1.165, 1.54) is 12.3 Å². The first kappa shape index (κ1) is 17.5. The fourth-order valence-electron chi connectivity index (χ4n) is 2.52. The Balaban J connectivity index is 2.23. The average Bonchev–Trinajstić information content (AvgIpc) is 2.57. The van der Waals surface area contributed by atoms with Gasteiger partial charge in [0, 0.05) is 16.4 Å². The lowest BCUT2D eigenvalue weighted by molar-refractivity contribution is -0.895. The second kappa shape index (κ2) is 6.92. The summed E-state index contributed by atoms with van der Waals surface area (Å²) in [5.41, 5.74) is 7.19. The van der Waals surface area contributed by atoms with Crippen LogP contribution < -0.4 is 10.5 Å². The minimum Gasteiger partial charge on any atom is -0.393 e. The number of halogens is 3. The van der Waals surface area contributed by atoms with Crippen molar-refractivity contribution in [2.24, 2.45) is 0 Å². The van der Waals surface area contributed by atoms with Crippen molar-refractivity contribution >= 4 is 46.3 Å². The smallest absolute Gasteiger partial charge is 0.290 e. The molecule has 7 heteroatoms. The van der Waals surface area contributed by atoms with Crippen LogP contribution in [0, 0.1) is 0 Å². The Morgan fingerprint density at radius 2 is 1.48 bits per heavy atom. The van der Waals surface area contributed by atoms with Crippen LogP contribution in [0.3, 0.4) is 0 Å². The van der Waals surface area contributed by atoms with E-state index >= 15 is 0 Å². The Morgan fingerprint density at radius 1 is 0.880 bits per heavy atom. The number of hydrogen-bond acceptors (Lipinski definition) is 3. The van der Waals surface area contributed by atoms with Crippen LogP contribution in [-0.2, 0) is 0 Å². The van der Waals surface area contributed by atoms with Gasteiger partial charge in [-0.1, -0.05) is 53.0 Å². The Morgan fingerprint density at radius 3 is 2.12 bits per heavy atom. The molecule has 0 radical (unpaired) electrons. The predicted molar refractivity (Wildman–Crippen MR) is 98.6 cm³/mol. The number of nitrogen functional groups attached to an aromatic ring is 1. The van der Waals surface area contributed by atoms with Crippen molar-refractivity contribution in [2.45, 2.75) is 0 Å². The quantitative estimate of drug-likeness (QED) is 0.386. The third kappa shape index (κ3) is 3.16. The van der Waals surface area contributed by atoms with Crippen molar-refractivity contribution in [2.75, 3.05) is 5.73 Å².